The van der Waals surface area contributed by atoms with E-state index >= 15 is 0 Å². The third kappa shape index (κ3) is 1.89. The molecule has 0 saturated carbocycles. The van der Waals surface area contributed by atoms with Crippen molar-refractivity contribution >= 4 is 5.91 Å². The molecule has 92 valence electrons. The minimum absolute atomic E-state index is 0.327. The number of hydrogen-bond acceptors (Lipinski definition) is 3. The van der Waals surface area contributed by atoms with Crippen LogP contribution in [-0.4, -0.2) is 25.7 Å². The van der Waals surface area contributed by atoms with E-state index in [1.54, 1.807) is 0 Å². The molecule has 2 N–H and O–H groups in total. The summed E-state index contributed by atoms with van der Waals surface area (Å²) >= 11 is 0. The maximum Gasteiger partial charge on any atom is 0.232 e. The zero-order valence-corrected chi connectivity index (χ0v) is 10.2. The fourth-order valence-electron chi connectivity index (χ4n) is 2.02. The largest absolute Gasteiger partial charge is 0.494 e. The Labute approximate surface area is 101 Å². The van der Waals surface area contributed by atoms with Crippen molar-refractivity contribution in [3.63, 3.8) is 0 Å². The monoisotopic (exact) mass is 235 g/mol. The number of rotatable bonds is 4. The highest BCUT2D eigenvalue weighted by Gasteiger charge is 2.46. The summed E-state index contributed by atoms with van der Waals surface area (Å²) in [5.41, 5.74) is 6.74. The number of ether oxygens (including phenoxy) is 2. The second kappa shape index (κ2) is 4.37. The normalized spacial score (nSPS) is 17.3. The Hall–Kier alpha value is -1.55. The minimum atomic E-state index is -0.643. The Morgan fingerprint density at radius 1 is 1.53 bits per heavy atom. The van der Waals surface area contributed by atoms with Gasteiger partial charge in [-0.3, -0.25) is 4.79 Å². The number of amides is 1. The number of hydrogen-bond donors (Lipinski definition) is 1. The Balaban J connectivity index is 2.34. The van der Waals surface area contributed by atoms with E-state index in [1.807, 2.05) is 32.0 Å². The van der Waals surface area contributed by atoms with Crippen LogP contribution < -0.4 is 10.5 Å². The molecule has 1 heterocycles. The fraction of sp³-hybridized carbons (Fsp3) is 0.462. The van der Waals surface area contributed by atoms with E-state index in [-0.39, 0.29) is 5.91 Å². The van der Waals surface area contributed by atoms with Crippen molar-refractivity contribution in [2.75, 3.05) is 19.8 Å². The topological polar surface area (TPSA) is 61.5 Å². The SMILES string of the molecule is CCOc1ccc(C2(C(N)=O)COC2)cc1C. The number of nitrogens with two attached hydrogens (primary N) is 1. The minimum Gasteiger partial charge on any atom is -0.494 e. The lowest BCUT2D eigenvalue weighted by Crippen LogP contribution is -2.56. The number of carbonyl (C=O) groups excluding carboxylic acids is 1. The van der Waals surface area contributed by atoms with Crippen LogP contribution in [0, 0.1) is 6.92 Å². The van der Waals surface area contributed by atoms with Gasteiger partial charge in [0.2, 0.25) is 5.91 Å². The van der Waals surface area contributed by atoms with E-state index in [9.17, 15) is 4.79 Å². The first-order valence-corrected chi connectivity index (χ1v) is 5.72. The average molecular weight is 235 g/mol. The van der Waals surface area contributed by atoms with Gasteiger partial charge in [-0.25, -0.2) is 0 Å². The predicted octanol–water partition coefficient (Wildman–Crippen LogP) is 1.15. The lowest BCUT2D eigenvalue weighted by molar-refractivity contribution is -0.141. The molecule has 2 rings (SSSR count). The molecule has 1 fully saturated rings. The number of carbonyl (C=O) groups is 1. The van der Waals surface area contributed by atoms with Crippen molar-refractivity contribution in [1.82, 2.24) is 0 Å². The first-order chi connectivity index (χ1) is 8.10. The lowest BCUT2D eigenvalue weighted by Gasteiger charge is -2.39. The van der Waals surface area contributed by atoms with Crippen molar-refractivity contribution in [2.45, 2.75) is 19.3 Å². The maximum absolute atomic E-state index is 11.5. The smallest absolute Gasteiger partial charge is 0.232 e. The summed E-state index contributed by atoms with van der Waals surface area (Å²) in [5, 5.41) is 0. The van der Waals surface area contributed by atoms with Gasteiger partial charge in [-0.2, -0.15) is 0 Å². The molecular weight excluding hydrogens is 218 g/mol. The highest BCUT2D eigenvalue weighted by molar-refractivity contribution is 5.88. The Morgan fingerprint density at radius 3 is 2.65 bits per heavy atom. The van der Waals surface area contributed by atoms with Crippen LogP contribution in [-0.2, 0) is 14.9 Å². The molecule has 0 atom stereocenters. The molecule has 1 amide bonds. The molecule has 1 saturated heterocycles. The molecule has 1 aromatic carbocycles. The first-order valence-electron chi connectivity index (χ1n) is 5.72. The Morgan fingerprint density at radius 2 is 2.24 bits per heavy atom. The van der Waals surface area contributed by atoms with Gasteiger partial charge in [0.15, 0.2) is 0 Å². The van der Waals surface area contributed by atoms with Gasteiger partial charge >= 0.3 is 0 Å². The number of primary amides is 1. The van der Waals surface area contributed by atoms with Crippen LogP contribution >= 0.6 is 0 Å². The fourth-order valence-corrected chi connectivity index (χ4v) is 2.02. The van der Waals surface area contributed by atoms with Gasteiger partial charge in [-0.15, -0.1) is 0 Å². The van der Waals surface area contributed by atoms with Crippen molar-refractivity contribution in [1.29, 1.82) is 0 Å². The summed E-state index contributed by atoms with van der Waals surface area (Å²) in [6.07, 6.45) is 0. The van der Waals surface area contributed by atoms with Gasteiger partial charge in [0.25, 0.3) is 0 Å². The molecule has 4 heteroatoms. The second-order valence-electron chi connectivity index (χ2n) is 4.35. The molecule has 1 aromatic rings. The predicted molar refractivity (Wildman–Crippen MR) is 64.0 cm³/mol. The van der Waals surface area contributed by atoms with Crippen LogP contribution in [0.5, 0.6) is 5.75 Å². The van der Waals surface area contributed by atoms with Crippen LogP contribution in [0.4, 0.5) is 0 Å². The summed E-state index contributed by atoms with van der Waals surface area (Å²) in [7, 11) is 0. The van der Waals surface area contributed by atoms with Gasteiger partial charge in [0.05, 0.1) is 19.8 Å². The van der Waals surface area contributed by atoms with Crippen LogP contribution in [0.25, 0.3) is 0 Å². The van der Waals surface area contributed by atoms with E-state index in [1.165, 1.54) is 0 Å². The maximum atomic E-state index is 11.5. The molecule has 0 spiro atoms. The zero-order valence-electron chi connectivity index (χ0n) is 10.2. The van der Waals surface area contributed by atoms with Gasteiger partial charge in [-0.05, 0) is 31.0 Å². The molecule has 0 unspecified atom stereocenters. The van der Waals surface area contributed by atoms with Gasteiger partial charge < -0.3 is 15.2 Å². The molecular formula is C13H17NO3. The molecule has 0 aliphatic carbocycles. The van der Waals surface area contributed by atoms with Crippen molar-refractivity contribution < 1.29 is 14.3 Å². The van der Waals surface area contributed by atoms with E-state index < -0.39 is 5.41 Å². The summed E-state index contributed by atoms with van der Waals surface area (Å²) in [4.78, 5) is 11.5. The lowest BCUT2D eigenvalue weighted by atomic mass is 9.77. The van der Waals surface area contributed by atoms with E-state index in [2.05, 4.69) is 0 Å². The van der Waals surface area contributed by atoms with Crippen molar-refractivity contribution in [2.24, 2.45) is 5.73 Å². The highest BCUT2D eigenvalue weighted by atomic mass is 16.5. The van der Waals surface area contributed by atoms with Crippen LogP contribution in [0.15, 0.2) is 18.2 Å². The van der Waals surface area contributed by atoms with E-state index in [0.29, 0.717) is 19.8 Å². The molecule has 4 nitrogen and oxygen atoms in total. The van der Waals surface area contributed by atoms with Crippen LogP contribution in [0.2, 0.25) is 0 Å². The number of benzene rings is 1. The first kappa shape index (κ1) is 11.9. The molecule has 0 bridgehead atoms. The second-order valence-corrected chi connectivity index (χ2v) is 4.35. The Kier molecular flexibility index (Phi) is 3.07. The average Bonchev–Trinajstić information content (AvgIpc) is 2.20. The number of aryl methyl sites for hydroxylation is 1. The molecule has 1 aliphatic heterocycles. The van der Waals surface area contributed by atoms with Gasteiger partial charge in [0, 0.05) is 0 Å². The van der Waals surface area contributed by atoms with Crippen LogP contribution in [0.3, 0.4) is 0 Å². The Bertz CT molecular complexity index is 438. The molecule has 0 radical (unpaired) electrons. The summed E-state index contributed by atoms with van der Waals surface area (Å²) < 4.78 is 10.6. The molecule has 1 aliphatic rings. The van der Waals surface area contributed by atoms with Gasteiger partial charge in [0.1, 0.15) is 11.2 Å². The third-order valence-corrected chi connectivity index (χ3v) is 3.20. The van der Waals surface area contributed by atoms with Crippen molar-refractivity contribution in [3.05, 3.63) is 29.3 Å². The van der Waals surface area contributed by atoms with Crippen LogP contribution in [0.1, 0.15) is 18.1 Å². The standard InChI is InChI=1S/C13H17NO3/c1-3-17-11-5-4-10(6-9(11)2)13(12(14)15)7-16-8-13/h4-6H,3,7-8H2,1-2H3,(H2,14,15). The summed E-state index contributed by atoms with van der Waals surface area (Å²) in [5.74, 6) is 0.517. The zero-order chi connectivity index (χ0) is 12.5. The summed E-state index contributed by atoms with van der Waals surface area (Å²) in [6, 6.07) is 5.74. The van der Waals surface area contributed by atoms with E-state index in [0.717, 1.165) is 16.9 Å². The molecule has 0 aromatic heterocycles. The quantitative estimate of drug-likeness (QED) is 0.851. The third-order valence-electron chi connectivity index (χ3n) is 3.20. The van der Waals surface area contributed by atoms with Crippen molar-refractivity contribution in [3.8, 4) is 5.75 Å². The van der Waals surface area contributed by atoms with E-state index in [4.69, 9.17) is 15.2 Å². The van der Waals surface area contributed by atoms with Gasteiger partial charge in [-0.1, -0.05) is 12.1 Å². The summed E-state index contributed by atoms with van der Waals surface area (Å²) in [6.45, 7) is 5.27. The highest BCUT2D eigenvalue weighted by Crippen LogP contribution is 2.34. The molecule has 17 heavy (non-hydrogen) atoms.